The molecule has 0 aromatic heterocycles. The highest BCUT2D eigenvalue weighted by molar-refractivity contribution is 9.11. The van der Waals surface area contributed by atoms with Gasteiger partial charge in [-0.15, -0.1) is 0 Å². The van der Waals surface area contributed by atoms with Gasteiger partial charge in [0.1, 0.15) is 11.5 Å². The summed E-state index contributed by atoms with van der Waals surface area (Å²) in [5.74, 6) is 1.61. The lowest BCUT2D eigenvalue weighted by molar-refractivity contribution is 0.0577. The molecule has 0 saturated carbocycles. The number of hydrogen-bond donors (Lipinski definition) is 1. The molecule has 1 heterocycles. The molecule has 1 aliphatic heterocycles. The predicted octanol–water partition coefficient (Wildman–Crippen LogP) is 3.58. The molecule has 100 valence electrons. The maximum Gasteiger partial charge on any atom is 0.139 e. The number of ether oxygens (including phenoxy) is 2. The van der Waals surface area contributed by atoms with Crippen molar-refractivity contribution in [2.24, 2.45) is 0 Å². The molecule has 1 aliphatic rings. The number of rotatable bonds is 3. The average Bonchev–Trinajstić information content (AvgIpc) is 2.57. The van der Waals surface area contributed by atoms with Crippen LogP contribution in [0, 0.1) is 0 Å². The first-order valence-corrected chi connectivity index (χ1v) is 7.24. The van der Waals surface area contributed by atoms with Gasteiger partial charge in [0.2, 0.25) is 0 Å². The molecule has 1 N–H and O–H groups in total. The van der Waals surface area contributed by atoms with E-state index in [1.54, 1.807) is 14.2 Å². The summed E-state index contributed by atoms with van der Waals surface area (Å²) in [4.78, 5) is 5.08. The van der Waals surface area contributed by atoms with Gasteiger partial charge in [-0.3, -0.25) is 0 Å². The van der Waals surface area contributed by atoms with E-state index in [2.05, 4.69) is 37.3 Å². The summed E-state index contributed by atoms with van der Waals surface area (Å²) in [5, 5.41) is 0. The number of nitrogens with one attached hydrogen (secondary N) is 1. The number of methoxy groups -OCH3 is 1. The maximum absolute atomic E-state index is 5.81. The van der Waals surface area contributed by atoms with E-state index in [0.717, 1.165) is 38.8 Å². The lowest BCUT2D eigenvalue weighted by atomic mass is 10.0. The third kappa shape index (κ3) is 2.66. The largest absolute Gasteiger partial charge is 0.496 e. The van der Waals surface area contributed by atoms with E-state index < -0.39 is 0 Å². The topological polar surface area (TPSA) is 39.7 Å². The molecule has 0 fully saturated rings. The van der Waals surface area contributed by atoms with E-state index in [1.807, 2.05) is 6.07 Å². The van der Waals surface area contributed by atoms with Crippen LogP contribution in [0.1, 0.15) is 24.4 Å². The molecule has 0 spiro atoms. The highest BCUT2D eigenvalue weighted by Gasteiger charge is 2.26. The van der Waals surface area contributed by atoms with Gasteiger partial charge in [-0.05, 0) is 50.8 Å². The zero-order valence-electron chi connectivity index (χ0n) is 10.3. The van der Waals surface area contributed by atoms with Crippen LogP contribution in [0.15, 0.2) is 15.0 Å². The molecule has 0 bridgehead atoms. The van der Waals surface area contributed by atoms with Crippen molar-refractivity contribution in [3.05, 3.63) is 20.6 Å². The fourth-order valence-corrected chi connectivity index (χ4v) is 3.35. The van der Waals surface area contributed by atoms with Crippen molar-refractivity contribution < 1.29 is 14.3 Å². The first-order chi connectivity index (χ1) is 8.69. The Morgan fingerprint density at radius 3 is 2.83 bits per heavy atom. The second-order valence-electron chi connectivity index (χ2n) is 3.98. The monoisotopic (exact) mass is 379 g/mol. The van der Waals surface area contributed by atoms with Crippen LogP contribution in [0.25, 0.3) is 0 Å². The summed E-state index contributed by atoms with van der Waals surface area (Å²) in [6, 6.07) is 1.98. The zero-order chi connectivity index (χ0) is 13.1. The first kappa shape index (κ1) is 14.1. The Morgan fingerprint density at radius 1 is 1.39 bits per heavy atom. The predicted molar refractivity (Wildman–Crippen MR) is 76.0 cm³/mol. The summed E-state index contributed by atoms with van der Waals surface area (Å²) < 4.78 is 13.0. The van der Waals surface area contributed by atoms with E-state index in [1.165, 1.54) is 0 Å². The van der Waals surface area contributed by atoms with Gasteiger partial charge in [0.25, 0.3) is 0 Å². The van der Waals surface area contributed by atoms with Crippen LogP contribution in [0.3, 0.4) is 0 Å². The normalized spacial score (nSPS) is 18.8. The summed E-state index contributed by atoms with van der Waals surface area (Å²) in [6.45, 7) is 0.701. The Hall–Kier alpha value is -0.300. The van der Waals surface area contributed by atoms with Crippen molar-refractivity contribution >= 4 is 31.9 Å². The Morgan fingerprint density at radius 2 is 2.17 bits per heavy atom. The van der Waals surface area contributed by atoms with Crippen LogP contribution < -0.4 is 15.0 Å². The third-order valence-electron chi connectivity index (χ3n) is 2.88. The first-order valence-electron chi connectivity index (χ1n) is 5.66. The van der Waals surface area contributed by atoms with Gasteiger partial charge in [0, 0.05) is 5.56 Å². The standard InChI is InChI=1S/C12H15Br2NO3/c1-16-9-6-7(13)12-10(11(9)14)8(15-17-2)4-3-5-18-12/h6,8,15H,3-5H2,1-2H3. The van der Waals surface area contributed by atoms with Gasteiger partial charge in [0.15, 0.2) is 0 Å². The highest BCUT2D eigenvalue weighted by Crippen LogP contribution is 2.46. The van der Waals surface area contributed by atoms with Gasteiger partial charge in [-0.1, -0.05) is 0 Å². The molecule has 0 saturated heterocycles. The fourth-order valence-electron chi connectivity index (χ4n) is 2.08. The molecule has 18 heavy (non-hydrogen) atoms. The van der Waals surface area contributed by atoms with Crippen LogP contribution in [0.5, 0.6) is 11.5 Å². The number of halogens is 2. The number of hydrogen-bond acceptors (Lipinski definition) is 4. The summed E-state index contributed by atoms with van der Waals surface area (Å²) >= 11 is 7.11. The van der Waals surface area contributed by atoms with Crippen molar-refractivity contribution in [2.75, 3.05) is 20.8 Å². The number of benzene rings is 1. The van der Waals surface area contributed by atoms with E-state index in [9.17, 15) is 0 Å². The second-order valence-corrected chi connectivity index (χ2v) is 5.63. The van der Waals surface area contributed by atoms with E-state index in [4.69, 9.17) is 14.3 Å². The minimum Gasteiger partial charge on any atom is -0.496 e. The summed E-state index contributed by atoms with van der Waals surface area (Å²) in [6.07, 6.45) is 1.91. The number of fused-ring (bicyclic) bond motifs is 1. The lowest BCUT2D eigenvalue weighted by Crippen LogP contribution is -2.20. The summed E-state index contributed by atoms with van der Waals surface area (Å²) in [7, 11) is 3.27. The minimum atomic E-state index is 0.0771. The molecular weight excluding hydrogens is 366 g/mol. The molecule has 0 amide bonds. The van der Waals surface area contributed by atoms with Crippen molar-refractivity contribution in [1.82, 2.24) is 5.48 Å². The van der Waals surface area contributed by atoms with Gasteiger partial charge in [-0.25, -0.2) is 0 Å². The second kappa shape index (κ2) is 6.23. The summed E-state index contributed by atoms with van der Waals surface area (Å²) in [5.41, 5.74) is 4.04. The Bertz CT molecular complexity index is 440. The Balaban J connectivity index is 2.55. The molecule has 0 aliphatic carbocycles. The van der Waals surface area contributed by atoms with Crippen molar-refractivity contribution in [1.29, 1.82) is 0 Å². The van der Waals surface area contributed by atoms with Crippen LogP contribution in [-0.4, -0.2) is 20.8 Å². The van der Waals surface area contributed by atoms with E-state index >= 15 is 0 Å². The van der Waals surface area contributed by atoms with Crippen LogP contribution >= 0.6 is 31.9 Å². The molecule has 2 rings (SSSR count). The zero-order valence-corrected chi connectivity index (χ0v) is 13.4. The smallest absolute Gasteiger partial charge is 0.139 e. The molecule has 0 radical (unpaired) electrons. The number of hydroxylamine groups is 1. The Kier molecular flexibility index (Phi) is 4.89. The molecule has 1 aromatic carbocycles. The molecule has 1 unspecified atom stereocenters. The van der Waals surface area contributed by atoms with Crippen LogP contribution in [-0.2, 0) is 4.84 Å². The molecular formula is C12H15Br2NO3. The minimum absolute atomic E-state index is 0.0771. The molecule has 1 aromatic rings. The Labute approximate surface area is 123 Å². The van der Waals surface area contributed by atoms with Crippen molar-refractivity contribution in [3.8, 4) is 11.5 Å². The van der Waals surface area contributed by atoms with Crippen molar-refractivity contribution in [3.63, 3.8) is 0 Å². The fraction of sp³-hybridized carbons (Fsp3) is 0.500. The van der Waals surface area contributed by atoms with Crippen LogP contribution in [0.4, 0.5) is 0 Å². The van der Waals surface area contributed by atoms with Crippen LogP contribution in [0.2, 0.25) is 0 Å². The lowest BCUT2D eigenvalue weighted by Gasteiger charge is -2.20. The third-order valence-corrected chi connectivity index (χ3v) is 4.29. The van der Waals surface area contributed by atoms with Gasteiger partial charge in [0.05, 0.1) is 35.8 Å². The van der Waals surface area contributed by atoms with Gasteiger partial charge < -0.3 is 14.3 Å². The molecule has 6 heteroatoms. The van der Waals surface area contributed by atoms with Crippen molar-refractivity contribution in [2.45, 2.75) is 18.9 Å². The molecule has 4 nitrogen and oxygen atoms in total. The maximum atomic E-state index is 5.81. The van der Waals surface area contributed by atoms with E-state index in [0.29, 0.717) is 6.61 Å². The van der Waals surface area contributed by atoms with Gasteiger partial charge in [-0.2, -0.15) is 5.48 Å². The SMILES string of the molecule is CONC1CCCOc2c(Br)cc(OC)c(Br)c21. The quantitative estimate of drug-likeness (QED) is 0.813. The molecule has 1 atom stereocenters. The highest BCUT2D eigenvalue weighted by atomic mass is 79.9. The average molecular weight is 381 g/mol. The van der Waals surface area contributed by atoms with Gasteiger partial charge >= 0.3 is 0 Å². The van der Waals surface area contributed by atoms with E-state index in [-0.39, 0.29) is 6.04 Å².